The highest BCUT2D eigenvalue weighted by atomic mass is 35.5. The number of nitrogens with one attached hydrogen (secondary N) is 2. The van der Waals surface area contributed by atoms with Gasteiger partial charge in [0, 0.05) is 15.6 Å². The third-order valence-electron chi connectivity index (χ3n) is 4.10. The number of nitrogens with zero attached hydrogens (tertiary/aromatic N) is 1. The van der Waals surface area contributed by atoms with Gasteiger partial charge in [0.05, 0.1) is 6.54 Å². The van der Waals surface area contributed by atoms with Crippen molar-refractivity contribution in [3.8, 4) is 11.6 Å². The first-order chi connectivity index (χ1) is 14.7. The van der Waals surface area contributed by atoms with Crippen molar-refractivity contribution >= 4 is 41.0 Å². The lowest BCUT2D eigenvalue weighted by Gasteiger charge is -2.22. The van der Waals surface area contributed by atoms with Crippen LogP contribution in [0.4, 0.5) is 0 Å². The number of pyridine rings is 1. The summed E-state index contributed by atoms with van der Waals surface area (Å²) in [6.07, 6.45) is 0. The smallest absolute Gasteiger partial charge is 0.322 e. The summed E-state index contributed by atoms with van der Waals surface area (Å²) in [7, 11) is 0. The number of aromatic nitrogens is 1. The quantitative estimate of drug-likeness (QED) is 0.418. The summed E-state index contributed by atoms with van der Waals surface area (Å²) >= 11 is 12.0. The van der Waals surface area contributed by atoms with E-state index in [0.29, 0.717) is 15.2 Å². The monoisotopic (exact) mass is 485 g/mol. The number of carboxylic acids is 1. The molecule has 0 unspecified atom stereocenters. The van der Waals surface area contributed by atoms with Crippen molar-refractivity contribution in [1.29, 1.82) is 0 Å². The Morgan fingerprint density at radius 1 is 1.06 bits per heavy atom. The van der Waals surface area contributed by atoms with Gasteiger partial charge in [-0.15, -0.1) is 0 Å². The lowest BCUT2D eigenvalue weighted by molar-refractivity contribution is -0.135. The fourth-order valence-electron chi connectivity index (χ4n) is 2.73. The summed E-state index contributed by atoms with van der Waals surface area (Å²) < 4.78 is 0.669. The second-order valence-corrected chi connectivity index (χ2v) is 8.67. The van der Waals surface area contributed by atoms with E-state index in [1.54, 1.807) is 20.8 Å². The zero-order chi connectivity index (χ0) is 24.4. The zero-order valence-electron chi connectivity index (χ0n) is 17.3. The number of rotatable bonds is 6. The van der Waals surface area contributed by atoms with E-state index >= 15 is 0 Å². The van der Waals surface area contributed by atoms with Gasteiger partial charge >= 0.3 is 5.97 Å². The van der Waals surface area contributed by atoms with Gasteiger partial charge in [0.25, 0.3) is 17.4 Å². The van der Waals surface area contributed by atoms with Gasteiger partial charge in [0.15, 0.2) is 5.75 Å². The molecule has 12 heteroatoms. The first-order valence-electron chi connectivity index (χ1n) is 9.18. The molecule has 0 aliphatic heterocycles. The molecule has 32 heavy (non-hydrogen) atoms. The van der Waals surface area contributed by atoms with E-state index < -0.39 is 58.2 Å². The van der Waals surface area contributed by atoms with Crippen molar-refractivity contribution in [3.05, 3.63) is 55.3 Å². The number of aromatic hydroxyl groups is 2. The molecule has 0 aliphatic rings. The number of aliphatic carboxylic acids is 1. The third kappa shape index (κ3) is 5.71. The Bertz CT molecular complexity index is 1150. The molecular formula is C20H21Cl2N3O7. The Kier molecular flexibility index (Phi) is 7.42. The standard InChI is InChI=1S/C20H21Cl2N3O7/c1-20(2,3)24-17(30)14-15(28)13(16(29)23-7-12(26)27)18(31)25(19(14)32)8-9-4-5-10(21)6-11(9)22/h4-6,28,32H,7-8H2,1-3H3,(H,23,29)(H,24,30)(H,26,27). The first-order valence-corrected chi connectivity index (χ1v) is 9.93. The molecule has 0 fully saturated rings. The summed E-state index contributed by atoms with van der Waals surface area (Å²) in [6.45, 7) is 3.70. The van der Waals surface area contributed by atoms with E-state index in [4.69, 9.17) is 28.3 Å². The van der Waals surface area contributed by atoms with Crippen molar-refractivity contribution in [3.63, 3.8) is 0 Å². The van der Waals surface area contributed by atoms with E-state index in [1.165, 1.54) is 18.2 Å². The molecule has 10 nitrogen and oxygen atoms in total. The summed E-state index contributed by atoms with van der Waals surface area (Å²) in [5, 5.41) is 35.0. The first kappa shape index (κ1) is 25.0. The maximum absolute atomic E-state index is 13.0. The van der Waals surface area contributed by atoms with Crippen molar-refractivity contribution < 1.29 is 29.7 Å². The van der Waals surface area contributed by atoms with E-state index in [0.717, 1.165) is 0 Å². The van der Waals surface area contributed by atoms with Crippen LogP contribution in [0.3, 0.4) is 0 Å². The topological polar surface area (TPSA) is 158 Å². The Morgan fingerprint density at radius 3 is 2.22 bits per heavy atom. The van der Waals surface area contributed by atoms with Crippen LogP contribution in [-0.2, 0) is 11.3 Å². The molecule has 0 bridgehead atoms. The molecule has 2 rings (SSSR count). The number of halogens is 2. The minimum Gasteiger partial charge on any atom is -0.506 e. The normalized spacial score (nSPS) is 11.2. The molecule has 0 saturated heterocycles. The van der Waals surface area contributed by atoms with Crippen LogP contribution < -0.4 is 16.2 Å². The number of benzene rings is 1. The van der Waals surface area contributed by atoms with Crippen LogP contribution in [0, 0.1) is 0 Å². The van der Waals surface area contributed by atoms with Gasteiger partial charge < -0.3 is 26.0 Å². The van der Waals surface area contributed by atoms with Crippen molar-refractivity contribution in [1.82, 2.24) is 15.2 Å². The Labute approximate surface area is 192 Å². The molecule has 2 amide bonds. The highest BCUT2D eigenvalue weighted by molar-refractivity contribution is 6.35. The number of hydrogen-bond donors (Lipinski definition) is 5. The molecule has 0 saturated carbocycles. The predicted octanol–water partition coefficient (Wildman–Crippen LogP) is 1.96. The fourth-order valence-corrected chi connectivity index (χ4v) is 3.19. The number of carboxylic acid groups (broad SMARTS) is 1. The van der Waals surface area contributed by atoms with Crippen molar-refractivity contribution in [2.24, 2.45) is 0 Å². The van der Waals surface area contributed by atoms with Crippen LogP contribution >= 0.6 is 23.2 Å². The molecule has 0 radical (unpaired) electrons. The van der Waals surface area contributed by atoms with Crippen LogP contribution in [0.5, 0.6) is 11.6 Å². The largest absolute Gasteiger partial charge is 0.506 e. The number of amides is 2. The van der Waals surface area contributed by atoms with Gasteiger partial charge in [-0.25, -0.2) is 0 Å². The Balaban J connectivity index is 2.73. The van der Waals surface area contributed by atoms with E-state index in [9.17, 15) is 29.4 Å². The highest BCUT2D eigenvalue weighted by Crippen LogP contribution is 2.30. The minimum atomic E-state index is -1.39. The van der Waals surface area contributed by atoms with Gasteiger partial charge in [-0.2, -0.15) is 0 Å². The van der Waals surface area contributed by atoms with Crippen LogP contribution in [-0.4, -0.2) is 49.8 Å². The van der Waals surface area contributed by atoms with E-state index in [1.807, 2.05) is 5.32 Å². The van der Waals surface area contributed by atoms with Crippen LogP contribution in [0.15, 0.2) is 23.0 Å². The maximum Gasteiger partial charge on any atom is 0.322 e. The number of hydrogen-bond acceptors (Lipinski definition) is 6. The average molecular weight is 486 g/mol. The molecule has 1 aromatic carbocycles. The molecule has 0 spiro atoms. The lowest BCUT2D eigenvalue weighted by Crippen LogP contribution is -2.42. The highest BCUT2D eigenvalue weighted by Gasteiger charge is 2.31. The van der Waals surface area contributed by atoms with E-state index in [2.05, 4.69) is 5.32 Å². The van der Waals surface area contributed by atoms with Gasteiger partial charge in [0.1, 0.15) is 17.7 Å². The van der Waals surface area contributed by atoms with Crippen molar-refractivity contribution in [2.45, 2.75) is 32.9 Å². The molecular weight excluding hydrogens is 465 g/mol. The zero-order valence-corrected chi connectivity index (χ0v) is 18.8. The van der Waals surface area contributed by atoms with Gasteiger partial charge in [-0.05, 0) is 38.5 Å². The molecule has 1 heterocycles. The summed E-state index contributed by atoms with van der Waals surface area (Å²) in [5.74, 6) is -5.59. The third-order valence-corrected chi connectivity index (χ3v) is 4.69. The molecule has 172 valence electrons. The Morgan fingerprint density at radius 2 is 1.69 bits per heavy atom. The van der Waals surface area contributed by atoms with Gasteiger partial charge in [-0.1, -0.05) is 29.3 Å². The predicted molar refractivity (Wildman–Crippen MR) is 117 cm³/mol. The van der Waals surface area contributed by atoms with Crippen LogP contribution in [0.2, 0.25) is 10.0 Å². The van der Waals surface area contributed by atoms with Gasteiger partial charge in [-0.3, -0.25) is 23.7 Å². The second-order valence-electron chi connectivity index (χ2n) is 7.83. The lowest BCUT2D eigenvalue weighted by atomic mass is 10.1. The fraction of sp³-hybridized carbons (Fsp3) is 0.300. The van der Waals surface area contributed by atoms with Crippen molar-refractivity contribution in [2.75, 3.05) is 6.54 Å². The molecule has 0 aliphatic carbocycles. The molecule has 1 aromatic heterocycles. The Hall–Kier alpha value is -3.24. The van der Waals surface area contributed by atoms with E-state index in [-0.39, 0.29) is 11.6 Å². The summed E-state index contributed by atoms with van der Waals surface area (Å²) in [4.78, 5) is 49.0. The SMILES string of the molecule is CC(C)(C)NC(=O)c1c(O)c(C(=O)NCC(=O)O)c(=O)n(Cc2ccc(Cl)cc2Cl)c1O. The van der Waals surface area contributed by atoms with Crippen LogP contribution in [0.1, 0.15) is 47.1 Å². The van der Waals surface area contributed by atoms with Crippen LogP contribution in [0.25, 0.3) is 0 Å². The summed E-state index contributed by atoms with van der Waals surface area (Å²) in [5.41, 5.74) is -3.28. The number of carbonyl (C=O) groups is 3. The second kappa shape index (κ2) is 9.49. The molecule has 2 aromatic rings. The maximum atomic E-state index is 13.0. The van der Waals surface area contributed by atoms with Gasteiger partial charge in [0.2, 0.25) is 5.88 Å². The minimum absolute atomic E-state index is 0.148. The summed E-state index contributed by atoms with van der Waals surface area (Å²) in [6, 6.07) is 4.36. The number of carbonyl (C=O) groups excluding carboxylic acids is 2. The average Bonchev–Trinajstić information content (AvgIpc) is 2.63. The molecule has 5 N–H and O–H groups in total. The molecule has 0 atom stereocenters.